The summed E-state index contributed by atoms with van der Waals surface area (Å²) in [5.74, 6) is -0.468. The van der Waals surface area contributed by atoms with Gasteiger partial charge in [0.25, 0.3) is 0 Å². The lowest BCUT2D eigenvalue weighted by Gasteiger charge is -2.16. The second-order valence-corrected chi connectivity index (χ2v) is 3.64. The van der Waals surface area contributed by atoms with Crippen LogP contribution in [0.2, 0.25) is 0 Å². The molecule has 3 N–H and O–H groups in total. The van der Waals surface area contributed by atoms with Gasteiger partial charge in [-0.2, -0.15) is 13.2 Å². The molecular weight excluding hydrogens is 263 g/mol. The van der Waals surface area contributed by atoms with E-state index in [1.807, 2.05) is 0 Å². The molecule has 0 heterocycles. The molecule has 1 aromatic carbocycles. The van der Waals surface area contributed by atoms with Crippen molar-refractivity contribution in [1.82, 2.24) is 0 Å². The van der Waals surface area contributed by atoms with Gasteiger partial charge in [-0.25, -0.2) is 0 Å². The lowest BCUT2D eigenvalue weighted by Crippen LogP contribution is -2.28. The fourth-order valence-electron chi connectivity index (χ4n) is 0.956. The maximum Gasteiger partial charge on any atom is 0.407 e. The van der Waals surface area contributed by atoms with Crippen LogP contribution in [0.4, 0.5) is 13.2 Å². The summed E-state index contributed by atoms with van der Waals surface area (Å²) < 4.78 is 37.0. The minimum Gasteiger partial charge on any atom is -0.508 e. The third kappa shape index (κ3) is 2.39. The van der Waals surface area contributed by atoms with E-state index in [0.29, 0.717) is 4.47 Å². The van der Waals surface area contributed by atoms with Gasteiger partial charge in [0.05, 0.1) is 0 Å². The van der Waals surface area contributed by atoms with Crippen molar-refractivity contribution in [3.8, 4) is 5.75 Å². The van der Waals surface area contributed by atoms with E-state index in [-0.39, 0.29) is 5.56 Å². The molecule has 1 aromatic rings. The predicted molar refractivity (Wildman–Crippen MR) is 48.8 cm³/mol. The van der Waals surface area contributed by atoms with Crippen molar-refractivity contribution >= 4 is 15.9 Å². The molecule has 0 amide bonds. The summed E-state index contributed by atoms with van der Waals surface area (Å²) in [6.45, 7) is 0. The van der Waals surface area contributed by atoms with Crippen molar-refractivity contribution in [1.29, 1.82) is 0 Å². The van der Waals surface area contributed by atoms with Gasteiger partial charge in [0.2, 0.25) is 0 Å². The van der Waals surface area contributed by atoms with Gasteiger partial charge in [0.1, 0.15) is 11.8 Å². The van der Waals surface area contributed by atoms with Crippen molar-refractivity contribution in [3.63, 3.8) is 0 Å². The first-order valence-electron chi connectivity index (χ1n) is 3.63. The molecule has 1 atom stereocenters. The molecule has 0 spiro atoms. The Morgan fingerprint density at radius 3 is 2.36 bits per heavy atom. The number of hydrogen-bond acceptors (Lipinski definition) is 2. The molecule has 1 rings (SSSR count). The molecule has 0 aliphatic rings. The van der Waals surface area contributed by atoms with Crippen LogP contribution >= 0.6 is 15.9 Å². The van der Waals surface area contributed by atoms with E-state index in [9.17, 15) is 18.3 Å². The van der Waals surface area contributed by atoms with E-state index < -0.39 is 18.0 Å². The second-order valence-electron chi connectivity index (χ2n) is 2.72. The molecule has 0 aliphatic heterocycles. The first-order valence-corrected chi connectivity index (χ1v) is 4.42. The van der Waals surface area contributed by atoms with Gasteiger partial charge in [-0.15, -0.1) is 0 Å². The lowest BCUT2D eigenvalue weighted by atomic mass is 10.1. The molecule has 0 saturated heterocycles. The van der Waals surface area contributed by atoms with Gasteiger partial charge in [-0.1, -0.05) is 22.0 Å². The Morgan fingerprint density at radius 1 is 1.36 bits per heavy atom. The van der Waals surface area contributed by atoms with Gasteiger partial charge in [-0.05, 0) is 12.1 Å². The zero-order valence-corrected chi connectivity index (χ0v) is 8.43. The van der Waals surface area contributed by atoms with Crippen molar-refractivity contribution in [3.05, 3.63) is 28.2 Å². The van der Waals surface area contributed by atoms with Crippen LogP contribution in [0.15, 0.2) is 22.7 Å². The largest absolute Gasteiger partial charge is 0.508 e. The summed E-state index contributed by atoms with van der Waals surface area (Å²) in [7, 11) is 0. The Kier molecular flexibility index (Phi) is 3.06. The molecule has 0 saturated carbocycles. The number of hydrogen-bond donors (Lipinski definition) is 2. The monoisotopic (exact) mass is 269 g/mol. The van der Waals surface area contributed by atoms with Gasteiger partial charge in [-0.3, -0.25) is 0 Å². The molecular formula is C8H7BrF3NO. The summed E-state index contributed by atoms with van der Waals surface area (Å²) >= 11 is 3.01. The highest BCUT2D eigenvalue weighted by Crippen LogP contribution is 2.35. The van der Waals surface area contributed by atoms with Crippen LogP contribution in [0.5, 0.6) is 5.75 Å². The third-order valence-corrected chi connectivity index (χ3v) is 2.17. The highest BCUT2D eigenvalue weighted by Gasteiger charge is 2.39. The van der Waals surface area contributed by atoms with Gasteiger partial charge >= 0.3 is 6.18 Å². The highest BCUT2D eigenvalue weighted by atomic mass is 79.9. The highest BCUT2D eigenvalue weighted by molar-refractivity contribution is 9.10. The Balaban J connectivity index is 3.08. The third-order valence-electron chi connectivity index (χ3n) is 1.68. The molecule has 78 valence electrons. The van der Waals surface area contributed by atoms with Gasteiger partial charge < -0.3 is 10.8 Å². The zero-order chi connectivity index (χ0) is 10.9. The fourth-order valence-corrected chi connectivity index (χ4v) is 1.31. The molecule has 0 aromatic heterocycles. The van der Waals surface area contributed by atoms with Gasteiger partial charge in [0.15, 0.2) is 0 Å². The Hall–Kier alpha value is -0.750. The normalized spacial score (nSPS) is 14.1. The minimum atomic E-state index is -4.55. The number of phenols is 1. The SMILES string of the molecule is N[C@@H](c1ccc(Br)cc1O)C(F)(F)F. The quantitative estimate of drug-likeness (QED) is 0.824. The maximum atomic E-state index is 12.2. The number of rotatable bonds is 1. The van der Waals surface area contributed by atoms with Crippen LogP contribution in [0.25, 0.3) is 0 Å². The number of phenolic OH excluding ortho intramolecular Hbond substituents is 1. The fraction of sp³-hybridized carbons (Fsp3) is 0.250. The van der Waals surface area contributed by atoms with Crippen LogP contribution < -0.4 is 5.73 Å². The summed E-state index contributed by atoms with van der Waals surface area (Å²) in [5.41, 5.74) is 4.59. The predicted octanol–water partition coefficient (Wildman–Crippen LogP) is 2.72. The number of nitrogens with two attached hydrogens (primary N) is 1. The average molecular weight is 270 g/mol. The van der Waals surface area contributed by atoms with Crippen molar-refractivity contribution < 1.29 is 18.3 Å². The molecule has 6 heteroatoms. The van der Waals surface area contributed by atoms with E-state index >= 15 is 0 Å². The van der Waals surface area contributed by atoms with E-state index in [2.05, 4.69) is 15.9 Å². The van der Waals surface area contributed by atoms with Crippen molar-refractivity contribution in [2.75, 3.05) is 0 Å². The maximum absolute atomic E-state index is 12.2. The van der Waals surface area contributed by atoms with E-state index in [0.717, 1.165) is 6.07 Å². The van der Waals surface area contributed by atoms with Crippen LogP contribution in [-0.4, -0.2) is 11.3 Å². The zero-order valence-electron chi connectivity index (χ0n) is 6.85. The van der Waals surface area contributed by atoms with Crippen LogP contribution in [0.3, 0.4) is 0 Å². The van der Waals surface area contributed by atoms with Crippen molar-refractivity contribution in [2.45, 2.75) is 12.2 Å². The second kappa shape index (κ2) is 3.78. The topological polar surface area (TPSA) is 46.2 Å². The van der Waals surface area contributed by atoms with Crippen LogP contribution in [0.1, 0.15) is 11.6 Å². The average Bonchev–Trinajstić information content (AvgIpc) is 2.01. The Morgan fingerprint density at radius 2 is 1.93 bits per heavy atom. The van der Waals surface area contributed by atoms with Gasteiger partial charge in [0, 0.05) is 10.0 Å². The molecule has 0 fully saturated rings. The van der Waals surface area contributed by atoms with E-state index in [1.54, 1.807) is 0 Å². The molecule has 0 unspecified atom stereocenters. The summed E-state index contributed by atoms with van der Waals surface area (Å²) in [6.07, 6.45) is -4.55. The van der Waals surface area contributed by atoms with Crippen LogP contribution in [0, 0.1) is 0 Å². The lowest BCUT2D eigenvalue weighted by molar-refractivity contribution is -0.149. The van der Waals surface area contributed by atoms with Crippen molar-refractivity contribution in [2.24, 2.45) is 5.73 Å². The molecule has 0 radical (unpaired) electrons. The molecule has 0 aliphatic carbocycles. The molecule has 0 bridgehead atoms. The first kappa shape index (κ1) is 11.3. The standard InChI is InChI=1S/C8H7BrF3NO/c9-4-1-2-5(6(14)3-4)7(13)8(10,11)12/h1-3,7,14H,13H2/t7-/m0/s1. The summed E-state index contributed by atoms with van der Waals surface area (Å²) in [5, 5.41) is 9.22. The Labute approximate surface area is 86.7 Å². The number of alkyl halides is 3. The summed E-state index contributed by atoms with van der Waals surface area (Å²) in [4.78, 5) is 0. The smallest absolute Gasteiger partial charge is 0.407 e. The number of aromatic hydroxyl groups is 1. The molecule has 14 heavy (non-hydrogen) atoms. The first-order chi connectivity index (χ1) is 6.32. The number of halogens is 4. The minimum absolute atomic E-state index is 0.333. The van der Waals surface area contributed by atoms with E-state index in [1.165, 1.54) is 12.1 Å². The van der Waals surface area contributed by atoms with E-state index in [4.69, 9.17) is 5.73 Å². The molecule has 2 nitrogen and oxygen atoms in total. The van der Waals surface area contributed by atoms with Crippen LogP contribution in [-0.2, 0) is 0 Å². The summed E-state index contributed by atoms with van der Waals surface area (Å²) in [6, 6.07) is 1.54. The Bertz CT molecular complexity index is 340. The number of benzene rings is 1.